The van der Waals surface area contributed by atoms with E-state index in [-0.39, 0.29) is 18.1 Å². The summed E-state index contributed by atoms with van der Waals surface area (Å²) in [5.74, 6) is 0.406. The zero-order valence-corrected chi connectivity index (χ0v) is 20.0. The standard InChI is InChI=1S/C26H26N2O8/c1-32-20-6-4-5-18(13-20)27-24(29)15-35-19-9-7-17(8-10-19)26(31)36-16-25(30)28-22-12-11-21(33-2)14-23(22)34-3/h4-14H,15-16H2,1-3H3,(H,27,29)(H,28,30). The van der Waals surface area contributed by atoms with Crippen molar-refractivity contribution in [2.75, 3.05) is 45.2 Å². The van der Waals surface area contributed by atoms with Gasteiger partial charge in [-0.15, -0.1) is 0 Å². The fourth-order valence-corrected chi connectivity index (χ4v) is 3.04. The summed E-state index contributed by atoms with van der Waals surface area (Å²) in [4.78, 5) is 36.6. The van der Waals surface area contributed by atoms with Gasteiger partial charge in [0.25, 0.3) is 11.8 Å². The fourth-order valence-electron chi connectivity index (χ4n) is 3.04. The molecule has 0 heterocycles. The molecule has 0 aromatic heterocycles. The lowest BCUT2D eigenvalue weighted by molar-refractivity contribution is -0.119. The summed E-state index contributed by atoms with van der Waals surface area (Å²) >= 11 is 0. The quantitative estimate of drug-likeness (QED) is 0.389. The van der Waals surface area contributed by atoms with Gasteiger partial charge in [0.05, 0.1) is 32.6 Å². The molecule has 0 bridgehead atoms. The Morgan fingerprint density at radius 2 is 1.36 bits per heavy atom. The Bertz CT molecular complexity index is 1210. The van der Waals surface area contributed by atoms with Crippen LogP contribution in [-0.2, 0) is 14.3 Å². The lowest BCUT2D eigenvalue weighted by atomic mass is 10.2. The van der Waals surface area contributed by atoms with Crippen molar-refractivity contribution in [3.63, 3.8) is 0 Å². The van der Waals surface area contributed by atoms with Crippen LogP contribution in [0, 0.1) is 0 Å². The van der Waals surface area contributed by atoms with Gasteiger partial charge >= 0.3 is 5.97 Å². The highest BCUT2D eigenvalue weighted by Gasteiger charge is 2.13. The number of methoxy groups -OCH3 is 3. The second kappa shape index (κ2) is 12.7. The maximum Gasteiger partial charge on any atom is 0.338 e. The molecule has 3 aromatic carbocycles. The highest BCUT2D eigenvalue weighted by molar-refractivity contribution is 5.96. The van der Waals surface area contributed by atoms with Gasteiger partial charge in [0, 0.05) is 17.8 Å². The molecule has 3 rings (SSSR count). The maximum atomic E-state index is 12.3. The molecule has 0 saturated heterocycles. The smallest absolute Gasteiger partial charge is 0.338 e. The van der Waals surface area contributed by atoms with Crippen molar-refractivity contribution >= 4 is 29.2 Å². The van der Waals surface area contributed by atoms with Crippen molar-refractivity contribution in [1.29, 1.82) is 0 Å². The van der Waals surface area contributed by atoms with Crippen molar-refractivity contribution in [3.8, 4) is 23.0 Å². The Morgan fingerprint density at radius 1 is 0.694 bits per heavy atom. The molecule has 0 aliphatic heterocycles. The number of hydrogen-bond acceptors (Lipinski definition) is 8. The first kappa shape index (κ1) is 25.9. The van der Waals surface area contributed by atoms with Gasteiger partial charge in [-0.1, -0.05) is 6.07 Å². The predicted octanol–water partition coefficient (Wildman–Crippen LogP) is 3.53. The molecule has 188 valence electrons. The Morgan fingerprint density at radius 3 is 2.06 bits per heavy atom. The molecule has 0 spiro atoms. The monoisotopic (exact) mass is 494 g/mol. The maximum absolute atomic E-state index is 12.3. The fraction of sp³-hybridized carbons (Fsp3) is 0.192. The zero-order valence-electron chi connectivity index (χ0n) is 20.0. The average molecular weight is 495 g/mol. The molecule has 10 heteroatoms. The van der Waals surface area contributed by atoms with E-state index < -0.39 is 18.5 Å². The second-order valence-electron chi connectivity index (χ2n) is 7.28. The van der Waals surface area contributed by atoms with Gasteiger partial charge in [-0.2, -0.15) is 0 Å². The van der Waals surface area contributed by atoms with E-state index in [2.05, 4.69) is 10.6 Å². The number of anilines is 2. The van der Waals surface area contributed by atoms with Crippen LogP contribution in [0.5, 0.6) is 23.0 Å². The van der Waals surface area contributed by atoms with Crippen molar-refractivity contribution in [2.45, 2.75) is 0 Å². The Kier molecular flexibility index (Phi) is 9.10. The number of benzene rings is 3. The predicted molar refractivity (Wildman–Crippen MR) is 132 cm³/mol. The molecule has 0 aliphatic carbocycles. The summed E-state index contributed by atoms with van der Waals surface area (Å²) in [6.45, 7) is -0.716. The molecular weight excluding hydrogens is 468 g/mol. The molecule has 10 nitrogen and oxygen atoms in total. The van der Waals surface area contributed by atoms with Crippen LogP contribution in [0.25, 0.3) is 0 Å². The van der Waals surface area contributed by atoms with Gasteiger partial charge in [0.1, 0.15) is 23.0 Å². The molecule has 2 N–H and O–H groups in total. The number of esters is 1. The van der Waals surface area contributed by atoms with Crippen molar-refractivity contribution in [3.05, 3.63) is 72.3 Å². The molecule has 0 atom stereocenters. The summed E-state index contributed by atoms with van der Waals surface area (Å²) in [6, 6.07) is 17.8. The average Bonchev–Trinajstić information content (AvgIpc) is 2.91. The van der Waals surface area contributed by atoms with Crippen LogP contribution in [0.15, 0.2) is 66.7 Å². The lowest BCUT2D eigenvalue weighted by Gasteiger charge is -2.12. The number of rotatable bonds is 11. The number of amides is 2. The van der Waals surface area contributed by atoms with E-state index in [4.69, 9.17) is 23.7 Å². The minimum absolute atomic E-state index is 0.220. The van der Waals surface area contributed by atoms with Crippen LogP contribution in [0.1, 0.15) is 10.4 Å². The first-order chi connectivity index (χ1) is 17.4. The number of hydrogen-bond donors (Lipinski definition) is 2. The van der Waals surface area contributed by atoms with Crippen LogP contribution in [0.4, 0.5) is 11.4 Å². The largest absolute Gasteiger partial charge is 0.497 e. The van der Waals surface area contributed by atoms with E-state index in [9.17, 15) is 14.4 Å². The summed E-state index contributed by atoms with van der Waals surface area (Å²) < 4.78 is 26.0. The Labute approximate surface area is 208 Å². The van der Waals surface area contributed by atoms with Crippen LogP contribution in [-0.4, -0.2) is 52.3 Å². The molecule has 2 amide bonds. The number of carbonyl (C=O) groups excluding carboxylic acids is 3. The van der Waals surface area contributed by atoms with E-state index in [1.807, 2.05) is 0 Å². The minimum Gasteiger partial charge on any atom is -0.497 e. The molecular formula is C26H26N2O8. The van der Waals surface area contributed by atoms with E-state index in [0.29, 0.717) is 34.4 Å². The normalized spacial score (nSPS) is 10.1. The van der Waals surface area contributed by atoms with E-state index >= 15 is 0 Å². The van der Waals surface area contributed by atoms with Crippen LogP contribution < -0.4 is 29.6 Å². The van der Waals surface area contributed by atoms with Crippen molar-refractivity contribution in [1.82, 2.24) is 0 Å². The molecule has 0 saturated carbocycles. The summed E-state index contributed by atoms with van der Waals surface area (Å²) in [5.41, 5.74) is 1.21. The molecule has 0 aliphatic rings. The highest BCUT2D eigenvalue weighted by Crippen LogP contribution is 2.29. The minimum atomic E-state index is -0.686. The summed E-state index contributed by atoms with van der Waals surface area (Å²) in [6.07, 6.45) is 0. The van der Waals surface area contributed by atoms with E-state index in [1.54, 1.807) is 42.5 Å². The van der Waals surface area contributed by atoms with Gasteiger partial charge in [0.2, 0.25) is 0 Å². The van der Waals surface area contributed by atoms with Crippen LogP contribution >= 0.6 is 0 Å². The van der Waals surface area contributed by atoms with Crippen LogP contribution in [0.2, 0.25) is 0 Å². The third-order valence-corrected chi connectivity index (χ3v) is 4.83. The van der Waals surface area contributed by atoms with Gasteiger partial charge in [0.15, 0.2) is 13.2 Å². The third kappa shape index (κ3) is 7.39. The Balaban J connectivity index is 1.45. The molecule has 36 heavy (non-hydrogen) atoms. The van der Waals surface area contributed by atoms with Gasteiger partial charge in [-0.25, -0.2) is 4.79 Å². The van der Waals surface area contributed by atoms with Crippen molar-refractivity contribution in [2.24, 2.45) is 0 Å². The SMILES string of the molecule is COc1cccc(NC(=O)COc2ccc(C(=O)OCC(=O)Nc3ccc(OC)cc3OC)cc2)c1. The first-order valence-electron chi connectivity index (χ1n) is 10.8. The summed E-state index contributed by atoms with van der Waals surface area (Å²) in [7, 11) is 4.52. The number of carbonyl (C=O) groups is 3. The summed E-state index contributed by atoms with van der Waals surface area (Å²) in [5, 5.41) is 5.32. The molecule has 0 unspecified atom stereocenters. The molecule has 3 aromatic rings. The first-order valence-corrected chi connectivity index (χ1v) is 10.8. The zero-order chi connectivity index (χ0) is 25.9. The highest BCUT2D eigenvalue weighted by atomic mass is 16.5. The van der Waals surface area contributed by atoms with E-state index in [1.165, 1.54) is 45.6 Å². The number of nitrogens with one attached hydrogen (secondary N) is 2. The lowest BCUT2D eigenvalue weighted by Crippen LogP contribution is -2.21. The molecule has 0 fully saturated rings. The van der Waals surface area contributed by atoms with Crippen molar-refractivity contribution < 1.29 is 38.1 Å². The van der Waals surface area contributed by atoms with Crippen LogP contribution in [0.3, 0.4) is 0 Å². The third-order valence-electron chi connectivity index (χ3n) is 4.83. The van der Waals surface area contributed by atoms with Gasteiger partial charge in [-0.3, -0.25) is 9.59 Å². The molecule has 0 radical (unpaired) electrons. The number of ether oxygens (including phenoxy) is 5. The Hall–Kier alpha value is -4.73. The topological polar surface area (TPSA) is 121 Å². The second-order valence-corrected chi connectivity index (χ2v) is 7.28. The van der Waals surface area contributed by atoms with Gasteiger partial charge < -0.3 is 34.3 Å². The van der Waals surface area contributed by atoms with E-state index in [0.717, 1.165) is 0 Å². The van der Waals surface area contributed by atoms with Gasteiger partial charge in [-0.05, 0) is 48.5 Å².